The normalized spacial score (nSPS) is 24.1. The lowest BCUT2D eigenvalue weighted by Gasteiger charge is -2.28. The van der Waals surface area contributed by atoms with Gasteiger partial charge in [0.05, 0.1) is 31.2 Å². The highest BCUT2D eigenvalue weighted by Gasteiger charge is 2.57. The number of methoxy groups -OCH3 is 2. The molecule has 4 rings (SSSR count). The summed E-state index contributed by atoms with van der Waals surface area (Å²) in [6.07, 6.45) is 4.90. The maximum absolute atomic E-state index is 13.6. The van der Waals surface area contributed by atoms with E-state index in [1.165, 1.54) is 5.56 Å². The Morgan fingerprint density at radius 1 is 1.29 bits per heavy atom. The van der Waals surface area contributed by atoms with E-state index < -0.39 is 5.41 Å². The first-order valence-corrected chi connectivity index (χ1v) is 11.1. The van der Waals surface area contributed by atoms with E-state index in [9.17, 15) is 4.79 Å². The number of benzene rings is 1. The fraction of sp³-hybridized carbons (Fsp3) is 0.583. The van der Waals surface area contributed by atoms with E-state index in [4.69, 9.17) is 14.5 Å². The van der Waals surface area contributed by atoms with Gasteiger partial charge < -0.3 is 18.9 Å². The third-order valence-corrected chi connectivity index (χ3v) is 6.83. The van der Waals surface area contributed by atoms with Crippen molar-refractivity contribution in [3.05, 3.63) is 48.0 Å². The standard InChI is InChI=1S/C24H34N4O3/c1-18(2)28-15-22(25-17-28)21-14-26(13-19-6-5-7-20(12-19)31-4)16-24(21)8-9-27(23(24)29)10-11-30-3/h5-7,12,15,17-18,21H,8-11,13-14,16H2,1-4H3/t21-,24+/m1/s1. The molecule has 0 bridgehead atoms. The molecule has 2 aromatic rings. The minimum Gasteiger partial charge on any atom is -0.497 e. The number of amides is 1. The monoisotopic (exact) mass is 426 g/mol. The smallest absolute Gasteiger partial charge is 0.230 e. The van der Waals surface area contributed by atoms with Gasteiger partial charge in [0, 0.05) is 58.0 Å². The van der Waals surface area contributed by atoms with Crippen molar-refractivity contribution in [2.24, 2.45) is 5.41 Å². The first-order chi connectivity index (χ1) is 15.0. The zero-order valence-electron chi connectivity index (χ0n) is 19.1. The molecule has 1 aromatic carbocycles. The van der Waals surface area contributed by atoms with Gasteiger partial charge in [0.2, 0.25) is 5.91 Å². The molecule has 2 fully saturated rings. The highest BCUT2D eigenvalue weighted by molar-refractivity contribution is 5.86. The molecule has 1 aromatic heterocycles. The second kappa shape index (κ2) is 9.01. The van der Waals surface area contributed by atoms with Gasteiger partial charge in [-0.05, 0) is 38.0 Å². The molecule has 1 amide bonds. The molecule has 2 aliphatic rings. The van der Waals surface area contributed by atoms with Crippen LogP contribution in [0.2, 0.25) is 0 Å². The summed E-state index contributed by atoms with van der Waals surface area (Å²) in [6.45, 7) is 8.70. The predicted octanol–water partition coefficient (Wildman–Crippen LogP) is 2.94. The number of nitrogens with zero attached hydrogens (tertiary/aromatic N) is 4. The van der Waals surface area contributed by atoms with E-state index in [2.05, 4.69) is 41.6 Å². The minimum atomic E-state index is -0.414. The molecular formula is C24H34N4O3. The molecule has 7 heteroatoms. The summed E-state index contributed by atoms with van der Waals surface area (Å²) in [5, 5.41) is 0. The van der Waals surface area contributed by atoms with Crippen molar-refractivity contribution in [2.45, 2.75) is 38.8 Å². The van der Waals surface area contributed by atoms with Crippen LogP contribution in [-0.4, -0.2) is 72.3 Å². The van der Waals surface area contributed by atoms with Crippen LogP contribution < -0.4 is 4.74 Å². The van der Waals surface area contributed by atoms with Crippen molar-refractivity contribution >= 4 is 5.91 Å². The van der Waals surface area contributed by atoms with Crippen LogP contribution in [0.4, 0.5) is 0 Å². The van der Waals surface area contributed by atoms with Crippen LogP contribution in [0.1, 0.15) is 43.5 Å². The molecular weight excluding hydrogens is 392 g/mol. The second-order valence-electron chi connectivity index (χ2n) is 9.10. The Labute approximate surface area is 184 Å². The zero-order valence-corrected chi connectivity index (χ0v) is 19.1. The van der Waals surface area contributed by atoms with Crippen LogP contribution in [0.5, 0.6) is 5.75 Å². The Kier molecular flexibility index (Phi) is 6.34. The molecule has 0 unspecified atom stereocenters. The molecule has 168 valence electrons. The van der Waals surface area contributed by atoms with Crippen LogP contribution >= 0.6 is 0 Å². The van der Waals surface area contributed by atoms with E-state index in [-0.39, 0.29) is 11.8 Å². The van der Waals surface area contributed by atoms with Gasteiger partial charge in [0.15, 0.2) is 0 Å². The molecule has 1 spiro atoms. The topological polar surface area (TPSA) is 59.8 Å². The van der Waals surface area contributed by atoms with Crippen molar-refractivity contribution in [3.8, 4) is 5.75 Å². The van der Waals surface area contributed by atoms with Crippen molar-refractivity contribution in [1.29, 1.82) is 0 Å². The predicted molar refractivity (Wildman–Crippen MR) is 119 cm³/mol. The highest BCUT2D eigenvalue weighted by Crippen LogP contribution is 2.49. The average molecular weight is 427 g/mol. The fourth-order valence-electron chi connectivity index (χ4n) is 5.09. The lowest BCUT2D eigenvalue weighted by Crippen LogP contribution is -2.40. The van der Waals surface area contributed by atoms with E-state index in [0.717, 1.165) is 44.0 Å². The van der Waals surface area contributed by atoms with Crippen LogP contribution in [0.15, 0.2) is 36.8 Å². The van der Waals surface area contributed by atoms with Crippen molar-refractivity contribution in [1.82, 2.24) is 19.4 Å². The van der Waals surface area contributed by atoms with Crippen molar-refractivity contribution in [3.63, 3.8) is 0 Å². The van der Waals surface area contributed by atoms with Gasteiger partial charge in [-0.25, -0.2) is 4.98 Å². The zero-order chi connectivity index (χ0) is 22.0. The number of carbonyl (C=O) groups excluding carboxylic acids is 1. The molecule has 2 aliphatic heterocycles. The van der Waals surface area contributed by atoms with Gasteiger partial charge in [-0.3, -0.25) is 9.69 Å². The second-order valence-corrected chi connectivity index (χ2v) is 9.10. The van der Waals surface area contributed by atoms with Gasteiger partial charge in [-0.2, -0.15) is 0 Å². The third kappa shape index (κ3) is 4.21. The molecule has 3 heterocycles. The number of aromatic nitrogens is 2. The lowest BCUT2D eigenvalue weighted by atomic mass is 9.75. The highest BCUT2D eigenvalue weighted by atomic mass is 16.5. The van der Waals surface area contributed by atoms with Crippen LogP contribution in [0.25, 0.3) is 0 Å². The molecule has 0 N–H and O–H groups in total. The SMILES string of the molecule is COCCN1CC[C@@]2(CN(Cc3cccc(OC)c3)C[C@@H]2c2cn(C(C)C)cn2)C1=O. The van der Waals surface area contributed by atoms with Gasteiger partial charge in [-0.15, -0.1) is 0 Å². The van der Waals surface area contributed by atoms with Gasteiger partial charge in [0.1, 0.15) is 5.75 Å². The Morgan fingerprint density at radius 3 is 2.84 bits per heavy atom. The number of rotatable bonds is 8. The first kappa shape index (κ1) is 21.8. The van der Waals surface area contributed by atoms with E-state index >= 15 is 0 Å². The summed E-state index contributed by atoms with van der Waals surface area (Å²) < 4.78 is 12.8. The van der Waals surface area contributed by atoms with Gasteiger partial charge in [-0.1, -0.05) is 12.1 Å². The maximum Gasteiger partial charge on any atom is 0.230 e. The quantitative estimate of drug-likeness (QED) is 0.650. The van der Waals surface area contributed by atoms with E-state index in [1.807, 2.05) is 23.4 Å². The summed E-state index contributed by atoms with van der Waals surface area (Å²) in [7, 11) is 3.37. The van der Waals surface area contributed by atoms with E-state index in [1.54, 1.807) is 14.2 Å². The summed E-state index contributed by atoms with van der Waals surface area (Å²) in [6, 6.07) is 8.54. The number of ether oxygens (including phenoxy) is 2. The van der Waals surface area contributed by atoms with Crippen molar-refractivity contribution in [2.75, 3.05) is 47.0 Å². The largest absolute Gasteiger partial charge is 0.497 e. The number of imidazole rings is 1. The van der Waals surface area contributed by atoms with Crippen LogP contribution in [0.3, 0.4) is 0 Å². The molecule has 31 heavy (non-hydrogen) atoms. The Bertz CT molecular complexity index is 912. The summed E-state index contributed by atoms with van der Waals surface area (Å²) in [5.41, 5.74) is 1.82. The number of carbonyl (C=O) groups is 1. The summed E-state index contributed by atoms with van der Waals surface area (Å²) in [5.74, 6) is 1.21. The number of likely N-dealkylation sites (tertiary alicyclic amines) is 2. The third-order valence-electron chi connectivity index (χ3n) is 6.83. The molecule has 2 atom stereocenters. The maximum atomic E-state index is 13.6. The van der Waals surface area contributed by atoms with E-state index in [0.29, 0.717) is 19.2 Å². The van der Waals surface area contributed by atoms with Gasteiger partial charge in [0.25, 0.3) is 0 Å². The van der Waals surface area contributed by atoms with Gasteiger partial charge >= 0.3 is 0 Å². The number of hydrogen-bond donors (Lipinski definition) is 0. The molecule has 0 saturated carbocycles. The molecule has 0 aliphatic carbocycles. The summed E-state index contributed by atoms with van der Waals surface area (Å²) in [4.78, 5) is 22.8. The Hall–Kier alpha value is -2.38. The summed E-state index contributed by atoms with van der Waals surface area (Å²) >= 11 is 0. The van der Waals surface area contributed by atoms with Crippen LogP contribution in [0, 0.1) is 5.41 Å². The minimum absolute atomic E-state index is 0.0955. The lowest BCUT2D eigenvalue weighted by molar-refractivity contribution is -0.136. The van der Waals surface area contributed by atoms with Crippen LogP contribution in [-0.2, 0) is 16.1 Å². The average Bonchev–Trinajstić information content (AvgIpc) is 3.46. The fourth-order valence-corrected chi connectivity index (χ4v) is 5.09. The Balaban J connectivity index is 1.61. The Morgan fingerprint density at radius 2 is 2.13 bits per heavy atom. The van der Waals surface area contributed by atoms with Crippen molar-refractivity contribution < 1.29 is 14.3 Å². The molecule has 0 radical (unpaired) electrons. The first-order valence-electron chi connectivity index (χ1n) is 11.1. The number of hydrogen-bond acceptors (Lipinski definition) is 5. The molecule has 2 saturated heterocycles. The molecule has 7 nitrogen and oxygen atoms in total.